The van der Waals surface area contributed by atoms with E-state index in [0.29, 0.717) is 70.8 Å². The van der Waals surface area contributed by atoms with Crippen LogP contribution in [-0.2, 0) is 56.8 Å². The van der Waals surface area contributed by atoms with Crippen LogP contribution >= 0.6 is 23.2 Å². The first-order valence-electron chi connectivity index (χ1n) is 25.0. The van der Waals surface area contributed by atoms with Crippen LogP contribution in [0.15, 0.2) is 94.5 Å². The SMILES string of the molecule is COCCN.COCCNc1ccc2cc(C(=O)NCc3ccc(Cl)cc3)c(=O)n(CC(=O)N(C)CC(C)(C)CO)c2n1.Cc1ccc2cc(C(=O)NCc3ccc(Cl)cc3)c(=O)n(CC(=O)N(C)CC(C)(C)CO)c2n1.O=S=O. The Kier molecular flexibility index (Phi) is 27.7. The number of nitrogens with two attached hydrogens (primary N) is 1. The zero-order valence-electron chi connectivity index (χ0n) is 46.5. The first kappa shape index (κ1) is 67.3. The molecule has 4 amide bonds. The van der Waals surface area contributed by atoms with E-state index in [4.69, 9.17) is 42.1 Å². The number of aromatic nitrogens is 4. The molecule has 6 aromatic rings. The minimum Gasteiger partial charge on any atom is -0.396 e. The van der Waals surface area contributed by atoms with E-state index in [1.165, 1.54) is 31.1 Å². The van der Waals surface area contributed by atoms with Crippen LogP contribution in [0.4, 0.5) is 5.82 Å². The molecule has 4 aromatic heterocycles. The fourth-order valence-corrected chi connectivity index (χ4v) is 7.79. The molecule has 0 unspecified atom stereocenters. The number of amides is 4. The molecule has 2 aromatic carbocycles. The van der Waals surface area contributed by atoms with Crippen LogP contribution in [0.25, 0.3) is 22.1 Å². The number of aryl methyl sites for hydroxylation is 1. The van der Waals surface area contributed by atoms with Gasteiger partial charge in [0.25, 0.3) is 22.9 Å². The van der Waals surface area contributed by atoms with Gasteiger partial charge in [0.1, 0.15) is 41.3 Å². The van der Waals surface area contributed by atoms with Crippen molar-refractivity contribution in [2.45, 2.75) is 60.8 Å². The third-order valence-corrected chi connectivity index (χ3v) is 12.3. The Hall–Kier alpha value is -6.96. The highest BCUT2D eigenvalue weighted by molar-refractivity contribution is 7.51. The molecular formula is C55H72Cl2N10O12S. The first-order chi connectivity index (χ1) is 37.9. The maximum Gasteiger partial charge on any atom is 0.335 e. The molecule has 0 aliphatic heterocycles. The second-order valence-corrected chi connectivity index (χ2v) is 20.9. The van der Waals surface area contributed by atoms with Gasteiger partial charge in [-0.05, 0) is 78.7 Å². The number of rotatable bonds is 22. The second kappa shape index (κ2) is 33.0. The van der Waals surface area contributed by atoms with Crippen molar-refractivity contribution in [3.63, 3.8) is 0 Å². The van der Waals surface area contributed by atoms with Crippen LogP contribution in [0.2, 0.25) is 10.0 Å². The van der Waals surface area contributed by atoms with E-state index >= 15 is 0 Å². The maximum absolute atomic E-state index is 13.5. The number of benzene rings is 2. The molecule has 0 spiro atoms. The molecule has 0 bridgehead atoms. The number of methoxy groups -OCH3 is 2. The van der Waals surface area contributed by atoms with Gasteiger partial charge in [-0.25, -0.2) is 9.97 Å². The largest absolute Gasteiger partial charge is 0.396 e. The smallest absolute Gasteiger partial charge is 0.335 e. The van der Waals surface area contributed by atoms with Gasteiger partial charge in [0.15, 0.2) is 0 Å². The van der Waals surface area contributed by atoms with Gasteiger partial charge in [0.05, 0.1) is 13.2 Å². The van der Waals surface area contributed by atoms with Gasteiger partial charge in [-0.2, -0.15) is 8.42 Å². The Morgan fingerprint density at radius 1 is 0.662 bits per heavy atom. The van der Waals surface area contributed by atoms with E-state index in [1.807, 2.05) is 27.7 Å². The summed E-state index contributed by atoms with van der Waals surface area (Å²) in [5, 5.41) is 30.0. The van der Waals surface area contributed by atoms with Gasteiger partial charge in [0.2, 0.25) is 11.8 Å². The number of halogens is 2. The molecule has 434 valence electrons. The van der Waals surface area contributed by atoms with Gasteiger partial charge < -0.3 is 51.2 Å². The van der Waals surface area contributed by atoms with Crippen molar-refractivity contribution in [3.8, 4) is 0 Å². The molecular weight excluding hydrogens is 1100 g/mol. The Morgan fingerprint density at radius 3 is 1.44 bits per heavy atom. The van der Waals surface area contributed by atoms with E-state index < -0.39 is 45.3 Å². The number of hydrogen-bond acceptors (Lipinski definition) is 16. The third kappa shape index (κ3) is 21.3. The van der Waals surface area contributed by atoms with E-state index in [-0.39, 0.29) is 74.5 Å². The summed E-state index contributed by atoms with van der Waals surface area (Å²) in [4.78, 5) is 90.9. The van der Waals surface area contributed by atoms with Gasteiger partial charge in [-0.15, -0.1) is 0 Å². The van der Waals surface area contributed by atoms with Crippen LogP contribution in [0, 0.1) is 17.8 Å². The number of nitrogens with zero attached hydrogens (tertiary/aromatic N) is 6. The van der Waals surface area contributed by atoms with Gasteiger partial charge in [-0.1, -0.05) is 75.2 Å². The number of anilines is 1. The van der Waals surface area contributed by atoms with E-state index in [1.54, 1.807) is 108 Å². The first-order valence-corrected chi connectivity index (χ1v) is 26.4. The number of pyridine rings is 4. The number of aliphatic hydroxyl groups is 2. The summed E-state index contributed by atoms with van der Waals surface area (Å²) in [7, 11) is 6.45. The van der Waals surface area contributed by atoms with Gasteiger partial charge in [0, 0.05) is 118 Å². The second-order valence-electron chi connectivity index (χ2n) is 19.9. The summed E-state index contributed by atoms with van der Waals surface area (Å²) < 4.78 is 28.7. The molecule has 6 rings (SSSR count). The molecule has 80 heavy (non-hydrogen) atoms. The highest BCUT2D eigenvalue weighted by Gasteiger charge is 2.26. The van der Waals surface area contributed by atoms with Crippen LogP contribution < -0.4 is 32.8 Å². The molecule has 0 atom stereocenters. The van der Waals surface area contributed by atoms with Crippen molar-refractivity contribution in [1.29, 1.82) is 0 Å². The van der Waals surface area contributed by atoms with Gasteiger partial charge in [-0.3, -0.25) is 37.9 Å². The van der Waals surface area contributed by atoms with Crippen molar-refractivity contribution in [3.05, 3.63) is 144 Å². The Morgan fingerprint density at radius 2 is 1.06 bits per heavy atom. The number of nitrogens with one attached hydrogen (secondary N) is 3. The lowest BCUT2D eigenvalue weighted by Crippen LogP contribution is -2.41. The summed E-state index contributed by atoms with van der Waals surface area (Å²) in [6.07, 6.45) is 0. The molecule has 0 aliphatic rings. The quantitative estimate of drug-likeness (QED) is 0.0519. The maximum atomic E-state index is 13.5. The van der Waals surface area contributed by atoms with Crippen LogP contribution in [0.3, 0.4) is 0 Å². The van der Waals surface area contributed by atoms with Crippen LogP contribution in [-0.4, -0.2) is 152 Å². The minimum absolute atomic E-state index is 0.0711. The van der Waals surface area contributed by atoms with Crippen LogP contribution in [0.5, 0.6) is 0 Å². The molecule has 25 heteroatoms. The summed E-state index contributed by atoms with van der Waals surface area (Å²) in [6, 6.07) is 24.0. The average Bonchev–Trinajstić information content (AvgIpc) is 3.42. The lowest BCUT2D eigenvalue weighted by Gasteiger charge is -2.28. The number of hydrogen-bond donors (Lipinski definition) is 6. The number of ether oxygens (including phenoxy) is 2. The lowest BCUT2D eigenvalue weighted by molar-refractivity contribution is -0.132. The number of fused-ring (bicyclic) bond motifs is 2. The predicted molar refractivity (Wildman–Crippen MR) is 309 cm³/mol. The normalized spacial score (nSPS) is 11.0. The summed E-state index contributed by atoms with van der Waals surface area (Å²) in [6.45, 7) is 11.6. The molecule has 0 fully saturated rings. The van der Waals surface area contributed by atoms with Crippen molar-refractivity contribution in [1.82, 2.24) is 39.5 Å². The van der Waals surface area contributed by atoms with Crippen molar-refractivity contribution in [2.24, 2.45) is 16.6 Å². The third-order valence-electron chi connectivity index (χ3n) is 11.8. The fourth-order valence-electron chi connectivity index (χ4n) is 7.54. The highest BCUT2D eigenvalue weighted by atomic mass is 35.5. The van der Waals surface area contributed by atoms with Crippen LogP contribution in [0.1, 0.15) is 65.2 Å². The average molecular weight is 1170 g/mol. The standard InChI is InChI=1S/C27H34ClN5O5.C25H29ClN4O4.C3H9NO.O2S/c1-27(2,17-34)16-32(3)23(35)15-33-24-19(7-10-22(31-24)29-11-12-38-4)13-21(26(33)37)25(36)30-14-18-5-8-20(28)9-6-18;1-16-5-8-18-11-20(23(33)27-12-17-6-9-19(26)10-7-17)24(34)30(22(18)28-16)13-21(32)29(4)14-25(2,3)15-31;1-5-3-2-4;1-3-2/h5-10,13,34H,11-12,14-17H2,1-4H3,(H,29,31)(H,30,36);5-11,31H,12-15H2,1-4H3,(H,27,33);2-4H2,1H3;. The van der Waals surface area contributed by atoms with E-state index in [0.717, 1.165) is 11.1 Å². The molecule has 0 aliphatic carbocycles. The number of likely N-dealkylation sites (N-methyl/N-ethyl adjacent to an activating group) is 2. The number of aliphatic hydroxyl groups excluding tert-OH is 2. The molecule has 22 nitrogen and oxygen atoms in total. The summed E-state index contributed by atoms with van der Waals surface area (Å²) in [5.74, 6) is -1.28. The number of carbonyl (C=O) groups is 4. The van der Waals surface area contributed by atoms with Crippen molar-refractivity contribution in [2.75, 3.05) is 86.2 Å². The molecule has 0 radical (unpaired) electrons. The Labute approximate surface area is 478 Å². The summed E-state index contributed by atoms with van der Waals surface area (Å²) in [5.41, 5.74) is 5.56. The minimum atomic E-state index is -0.750. The molecule has 4 heterocycles. The van der Waals surface area contributed by atoms with E-state index in [9.17, 15) is 39.0 Å². The monoisotopic (exact) mass is 1170 g/mol. The zero-order chi connectivity index (χ0) is 59.7. The summed E-state index contributed by atoms with van der Waals surface area (Å²) >= 11 is 11.1. The number of carbonyl (C=O) groups excluding carboxylic acids is 4. The predicted octanol–water partition coefficient (Wildman–Crippen LogP) is 4.20. The fraction of sp³-hybridized carbons (Fsp3) is 0.418. The van der Waals surface area contributed by atoms with Crippen molar-refractivity contribution >= 4 is 86.3 Å². The lowest BCUT2D eigenvalue weighted by atomic mass is 9.94. The topological polar surface area (TPSA) is 300 Å². The molecule has 0 saturated heterocycles. The van der Waals surface area contributed by atoms with Gasteiger partial charge >= 0.3 is 11.6 Å². The zero-order valence-corrected chi connectivity index (χ0v) is 48.8. The van der Waals surface area contributed by atoms with Crippen molar-refractivity contribution < 1.29 is 47.3 Å². The Balaban J connectivity index is 0.000000372. The molecule has 7 N–H and O–H groups in total. The molecule has 0 saturated carbocycles. The highest BCUT2D eigenvalue weighted by Crippen LogP contribution is 2.20. The Bertz CT molecular complexity index is 3190. The van der Waals surface area contributed by atoms with E-state index in [2.05, 4.69) is 30.7 Å².